The molecule has 0 aliphatic carbocycles. The molecule has 2 saturated heterocycles. The fourth-order valence-corrected chi connectivity index (χ4v) is 2.57. The standard InChI is InChI=1S/C13H23O11/c1-21-12-8(19)6(17)11(23-12)5(16)3-22-13-9(20)7(18)10(24-13)4(15)2-14/h4-12,14-20H,2-3H2,1H3/t4-,5-,6?,7?,8?,9?,10+,11+,12-/m1/s1. The van der Waals surface area contributed by atoms with Crippen LogP contribution < -0.4 is 0 Å². The molecule has 11 nitrogen and oxygen atoms in total. The van der Waals surface area contributed by atoms with Crippen molar-refractivity contribution in [2.75, 3.05) is 20.3 Å². The molecular formula is C13H23O11. The topological polar surface area (TPSA) is 179 Å². The summed E-state index contributed by atoms with van der Waals surface area (Å²) in [5.74, 6) is 0. The molecule has 141 valence electrons. The molecular weight excluding hydrogens is 332 g/mol. The molecule has 0 bridgehead atoms. The fraction of sp³-hybridized carbons (Fsp3) is 0.923. The van der Waals surface area contributed by atoms with Crippen molar-refractivity contribution in [1.82, 2.24) is 0 Å². The van der Waals surface area contributed by atoms with Crippen LogP contribution in [-0.4, -0.2) is 111 Å². The lowest BCUT2D eigenvalue weighted by Gasteiger charge is -2.22. The quantitative estimate of drug-likeness (QED) is 0.234. The van der Waals surface area contributed by atoms with Gasteiger partial charge < -0.3 is 54.7 Å². The Morgan fingerprint density at radius 3 is 2.21 bits per heavy atom. The third-order valence-corrected chi connectivity index (χ3v) is 3.98. The van der Waals surface area contributed by atoms with E-state index in [1.807, 2.05) is 0 Å². The number of aliphatic hydroxyl groups excluding tert-OH is 7. The smallest absolute Gasteiger partial charge is 0.256 e. The molecule has 9 atom stereocenters. The van der Waals surface area contributed by atoms with E-state index in [0.717, 1.165) is 0 Å². The first kappa shape index (κ1) is 19.9. The Morgan fingerprint density at radius 2 is 1.67 bits per heavy atom. The number of hydrogen-bond acceptors (Lipinski definition) is 11. The van der Waals surface area contributed by atoms with Crippen molar-refractivity contribution >= 4 is 0 Å². The van der Waals surface area contributed by atoms with E-state index in [4.69, 9.17) is 24.1 Å². The zero-order valence-electron chi connectivity index (χ0n) is 12.9. The average molecular weight is 355 g/mol. The van der Waals surface area contributed by atoms with E-state index in [1.165, 1.54) is 7.11 Å². The van der Waals surface area contributed by atoms with Crippen LogP contribution in [0.25, 0.3) is 0 Å². The predicted octanol–water partition coefficient (Wildman–Crippen LogP) is -4.58. The van der Waals surface area contributed by atoms with Crippen LogP contribution in [-0.2, 0) is 18.9 Å². The van der Waals surface area contributed by atoms with Crippen molar-refractivity contribution in [3.63, 3.8) is 0 Å². The van der Waals surface area contributed by atoms with Gasteiger partial charge in [-0.25, -0.2) is 0 Å². The van der Waals surface area contributed by atoms with E-state index in [1.54, 1.807) is 0 Å². The normalized spacial score (nSPS) is 43.2. The highest BCUT2D eigenvalue weighted by atomic mass is 16.7. The molecule has 1 radical (unpaired) electrons. The van der Waals surface area contributed by atoms with Gasteiger partial charge in [0, 0.05) is 7.11 Å². The summed E-state index contributed by atoms with van der Waals surface area (Å²) < 4.78 is 20.1. The van der Waals surface area contributed by atoms with Gasteiger partial charge in [-0.3, -0.25) is 0 Å². The van der Waals surface area contributed by atoms with Gasteiger partial charge in [0.15, 0.2) is 6.29 Å². The van der Waals surface area contributed by atoms with E-state index >= 15 is 0 Å². The fourth-order valence-electron chi connectivity index (χ4n) is 2.57. The Kier molecular flexibility index (Phi) is 6.87. The number of hydrogen-bond donors (Lipinski definition) is 7. The lowest BCUT2D eigenvalue weighted by atomic mass is 10.1. The molecule has 0 spiro atoms. The molecule has 0 aromatic carbocycles. The Labute approximate surface area is 137 Å². The monoisotopic (exact) mass is 355 g/mol. The van der Waals surface area contributed by atoms with Gasteiger partial charge >= 0.3 is 0 Å². The van der Waals surface area contributed by atoms with Crippen molar-refractivity contribution in [3.8, 4) is 0 Å². The van der Waals surface area contributed by atoms with E-state index in [-0.39, 0.29) is 0 Å². The van der Waals surface area contributed by atoms with Gasteiger partial charge in [0.05, 0.1) is 13.2 Å². The minimum absolute atomic E-state index is 0.449. The van der Waals surface area contributed by atoms with Gasteiger partial charge in [-0.1, -0.05) is 0 Å². The van der Waals surface area contributed by atoms with E-state index in [0.29, 0.717) is 0 Å². The highest BCUT2D eigenvalue weighted by Gasteiger charge is 2.49. The summed E-state index contributed by atoms with van der Waals surface area (Å²) in [6.07, 6.45) is -12.7. The summed E-state index contributed by atoms with van der Waals surface area (Å²) in [4.78, 5) is 0. The summed E-state index contributed by atoms with van der Waals surface area (Å²) >= 11 is 0. The second-order valence-corrected chi connectivity index (χ2v) is 5.65. The number of methoxy groups -OCH3 is 1. The maximum absolute atomic E-state index is 10.0. The van der Waals surface area contributed by atoms with Crippen molar-refractivity contribution < 1.29 is 54.7 Å². The number of ether oxygens (including phenoxy) is 4. The first-order valence-electron chi connectivity index (χ1n) is 7.35. The van der Waals surface area contributed by atoms with Crippen LogP contribution in [0, 0.1) is 6.29 Å². The molecule has 0 amide bonds. The molecule has 2 heterocycles. The van der Waals surface area contributed by atoms with Crippen molar-refractivity contribution in [1.29, 1.82) is 0 Å². The van der Waals surface area contributed by atoms with Crippen molar-refractivity contribution in [3.05, 3.63) is 6.29 Å². The van der Waals surface area contributed by atoms with Crippen LogP contribution in [0.2, 0.25) is 0 Å². The van der Waals surface area contributed by atoms with Gasteiger partial charge in [-0.2, -0.15) is 0 Å². The SMILES string of the molecule is CO[C@@H]1O[C@@H]([C@H](O)CO[C]2O[C@@H]([C@H](O)CO)C(O)C2O)C(O)C1O. The molecule has 11 heteroatoms. The second-order valence-electron chi connectivity index (χ2n) is 5.65. The zero-order valence-corrected chi connectivity index (χ0v) is 12.9. The van der Waals surface area contributed by atoms with Gasteiger partial charge in [-0.15, -0.1) is 0 Å². The minimum Gasteiger partial charge on any atom is -0.394 e. The van der Waals surface area contributed by atoms with Crippen LogP contribution in [0.4, 0.5) is 0 Å². The largest absolute Gasteiger partial charge is 0.394 e. The first-order valence-corrected chi connectivity index (χ1v) is 7.35. The van der Waals surface area contributed by atoms with Crippen LogP contribution in [0.1, 0.15) is 0 Å². The summed E-state index contributed by atoms with van der Waals surface area (Å²) in [5.41, 5.74) is 0. The van der Waals surface area contributed by atoms with Gasteiger partial charge in [0.1, 0.15) is 48.8 Å². The molecule has 0 saturated carbocycles. The zero-order chi connectivity index (χ0) is 18.0. The molecule has 2 aliphatic heterocycles. The summed E-state index contributed by atoms with van der Waals surface area (Å²) in [6, 6.07) is 0. The second kappa shape index (κ2) is 8.29. The third-order valence-electron chi connectivity index (χ3n) is 3.98. The van der Waals surface area contributed by atoms with Gasteiger partial charge in [0.2, 0.25) is 0 Å². The lowest BCUT2D eigenvalue weighted by Crippen LogP contribution is -2.42. The number of rotatable bonds is 7. The lowest BCUT2D eigenvalue weighted by molar-refractivity contribution is -0.176. The van der Waals surface area contributed by atoms with Crippen LogP contribution in [0.15, 0.2) is 0 Å². The molecule has 7 N–H and O–H groups in total. The van der Waals surface area contributed by atoms with Gasteiger partial charge in [-0.05, 0) is 0 Å². The highest BCUT2D eigenvalue weighted by Crippen LogP contribution is 2.31. The highest BCUT2D eigenvalue weighted by molar-refractivity contribution is 4.99. The maximum atomic E-state index is 10.0. The minimum atomic E-state index is -1.59. The van der Waals surface area contributed by atoms with Crippen molar-refractivity contribution in [2.24, 2.45) is 0 Å². The molecule has 2 aliphatic rings. The van der Waals surface area contributed by atoms with E-state index in [9.17, 15) is 30.6 Å². The molecule has 2 rings (SSSR count). The predicted molar refractivity (Wildman–Crippen MR) is 72.9 cm³/mol. The molecule has 24 heavy (non-hydrogen) atoms. The molecule has 0 aromatic rings. The van der Waals surface area contributed by atoms with Crippen LogP contribution in [0.3, 0.4) is 0 Å². The third kappa shape index (κ3) is 3.86. The van der Waals surface area contributed by atoms with E-state index < -0.39 is 74.6 Å². The Hall–Kier alpha value is -0.440. The molecule has 2 fully saturated rings. The Balaban J connectivity index is 1.87. The maximum Gasteiger partial charge on any atom is 0.256 e. The summed E-state index contributed by atoms with van der Waals surface area (Å²) in [6.45, 7) is -1.19. The van der Waals surface area contributed by atoms with Crippen LogP contribution >= 0.6 is 0 Å². The average Bonchev–Trinajstić information content (AvgIpc) is 3.03. The molecule has 4 unspecified atom stereocenters. The first-order chi connectivity index (χ1) is 11.3. The van der Waals surface area contributed by atoms with E-state index in [2.05, 4.69) is 0 Å². The Morgan fingerprint density at radius 1 is 1.00 bits per heavy atom. The summed E-state index contributed by atoms with van der Waals surface area (Å²) in [5, 5.41) is 67.3. The van der Waals surface area contributed by atoms with Crippen molar-refractivity contribution in [2.45, 2.75) is 55.1 Å². The number of aliphatic hydroxyl groups is 7. The van der Waals surface area contributed by atoms with Crippen LogP contribution in [0.5, 0.6) is 0 Å². The Bertz CT molecular complexity index is 396. The van der Waals surface area contributed by atoms with Gasteiger partial charge in [0.25, 0.3) is 6.29 Å². The molecule has 0 aromatic heterocycles. The summed E-state index contributed by atoms with van der Waals surface area (Å²) in [7, 11) is 1.26.